The summed E-state index contributed by atoms with van der Waals surface area (Å²) in [5.41, 5.74) is 1.07. The lowest BCUT2D eigenvalue weighted by Crippen LogP contribution is -2.38. The highest BCUT2D eigenvalue weighted by molar-refractivity contribution is 14.0. The maximum atomic E-state index is 5.49. The second-order valence-corrected chi connectivity index (χ2v) is 6.87. The summed E-state index contributed by atoms with van der Waals surface area (Å²) in [5.74, 6) is 2.44. The Hall–Kier alpha value is -1.55. The van der Waals surface area contributed by atoms with Gasteiger partial charge in [0.05, 0.1) is 25.8 Å². The van der Waals surface area contributed by atoms with Gasteiger partial charge in [0.25, 0.3) is 0 Å². The quantitative estimate of drug-likeness (QED) is 0.365. The standard InChI is InChI=1S/C18H26N4O2S.HI/c1-6-19-18(21-11-16-10-20-13(2)25-16)22(3)12-14-7-8-15(23-4)9-17(14)24-5;/h7-10H,6,11-12H2,1-5H3,(H,19,21);1H. The van der Waals surface area contributed by atoms with E-state index in [0.717, 1.165) is 39.5 Å². The molecule has 0 bridgehead atoms. The molecule has 0 saturated carbocycles. The molecule has 1 N–H and O–H groups in total. The number of ether oxygens (including phenoxy) is 2. The predicted molar refractivity (Wildman–Crippen MR) is 118 cm³/mol. The summed E-state index contributed by atoms with van der Waals surface area (Å²) in [6, 6.07) is 5.85. The van der Waals surface area contributed by atoms with Gasteiger partial charge in [0, 0.05) is 42.8 Å². The number of thiazole rings is 1. The van der Waals surface area contributed by atoms with Gasteiger partial charge in [-0.2, -0.15) is 0 Å². The zero-order valence-corrected chi connectivity index (χ0v) is 19.1. The van der Waals surface area contributed by atoms with E-state index in [1.54, 1.807) is 25.6 Å². The van der Waals surface area contributed by atoms with Gasteiger partial charge in [-0.1, -0.05) is 0 Å². The molecule has 144 valence electrons. The molecule has 8 heteroatoms. The highest BCUT2D eigenvalue weighted by Crippen LogP contribution is 2.25. The van der Waals surface area contributed by atoms with E-state index in [1.807, 2.05) is 38.4 Å². The maximum Gasteiger partial charge on any atom is 0.194 e. The van der Waals surface area contributed by atoms with Crippen LogP contribution < -0.4 is 14.8 Å². The number of benzene rings is 1. The molecule has 6 nitrogen and oxygen atoms in total. The summed E-state index contributed by atoms with van der Waals surface area (Å²) in [6.07, 6.45) is 1.89. The number of halogens is 1. The Labute approximate surface area is 176 Å². The molecule has 0 radical (unpaired) electrons. The van der Waals surface area contributed by atoms with Crippen molar-refractivity contribution in [1.82, 2.24) is 15.2 Å². The third kappa shape index (κ3) is 6.31. The first-order valence-corrected chi connectivity index (χ1v) is 9.00. The molecular weight excluding hydrogens is 463 g/mol. The smallest absolute Gasteiger partial charge is 0.194 e. The van der Waals surface area contributed by atoms with Crippen molar-refractivity contribution < 1.29 is 9.47 Å². The molecule has 0 aliphatic rings. The molecule has 0 saturated heterocycles. The maximum absolute atomic E-state index is 5.49. The Morgan fingerprint density at radius 2 is 2.08 bits per heavy atom. The Kier molecular flexibility index (Phi) is 9.71. The number of hydrogen-bond donors (Lipinski definition) is 1. The van der Waals surface area contributed by atoms with E-state index < -0.39 is 0 Å². The lowest BCUT2D eigenvalue weighted by atomic mass is 10.2. The molecule has 1 aromatic carbocycles. The zero-order chi connectivity index (χ0) is 18.2. The molecule has 1 heterocycles. The van der Waals surface area contributed by atoms with Gasteiger partial charge in [-0.15, -0.1) is 35.3 Å². The summed E-state index contributed by atoms with van der Waals surface area (Å²) in [5, 5.41) is 4.40. The van der Waals surface area contributed by atoms with Crippen LogP contribution in [0.1, 0.15) is 22.4 Å². The van der Waals surface area contributed by atoms with Crippen molar-refractivity contribution in [3.63, 3.8) is 0 Å². The normalized spacial score (nSPS) is 10.9. The van der Waals surface area contributed by atoms with Crippen LogP contribution >= 0.6 is 35.3 Å². The third-order valence-corrected chi connectivity index (χ3v) is 4.55. The van der Waals surface area contributed by atoms with Crippen LogP contribution in [0.4, 0.5) is 0 Å². The molecule has 2 rings (SSSR count). The fourth-order valence-corrected chi connectivity index (χ4v) is 3.13. The van der Waals surface area contributed by atoms with Crippen LogP contribution in [0.25, 0.3) is 0 Å². The predicted octanol–water partition coefficient (Wildman–Crippen LogP) is 3.68. The number of aliphatic imine (C=N–C) groups is 1. The van der Waals surface area contributed by atoms with E-state index >= 15 is 0 Å². The van der Waals surface area contributed by atoms with Crippen LogP contribution in [0.15, 0.2) is 29.4 Å². The minimum Gasteiger partial charge on any atom is -0.497 e. The molecular formula is C18H27IN4O2S. The van der Waals surface area contributed by atoms with Gasteiger partial charge in [0.15, 0.2) is 5.96 Å². The summed E-state index contributed by atoms with van der Waals surface area (Å²) in [7, 11) is 5.34. The molecule has 1 aromatic heterocycles. The van der Waals surface area contributed by atoms with Gasteiger partial charge in [-0.05, 0) is 26.0 Å². The zero-order valence-electron chi connectivity index (χ0n) is 15.9. The van der Waals surface area contributed by atoms with Crippen molar-refractivity contribution in [2.75, 3.05) is 27.8 Å². The number of methoxy groups -OCH3 is 2. The Morgan fingerprint density at radius 3 is 2.65 bits per heavy atom. The molecule has 0 atom stereocenters. The highest BCUT2D eigenvalue weighted by Gasteiger charge is 2.11. The molecule has 0 amide bonds. The number of nitrogens with one attached hydrogen (secondary N) is 1. The Bertz CT molecular complexity index is 721. The minimum atomic E-state index is 0. The van der Waals surface area contributed by atoms with Gasteiger partial charge in [0.1, 0.15) is 11.5 Å². The number of hydrogen-bond acceptors (Lipinski definition) is 5. The second-order valence-electron chi connectivity index (χ2n) is 5.55. The Morgan fingerprint density at radius 1 is 1.31 bits per heavy atom. The first-order chi connectivity index (χ1) is 12.1. The molecule has 0 unspecified atom stereocenters. The van der Waals surface area contributed by atoms with Crippen LogP contribution in [0, 0.1) is 6.92 Å². The van der Waals surface area contributed by atoms with Crippen LogP contribution in [0.5, 0.6) is 11.5 Å². The highest BCUT2D eigenvalue weighted by atomic mass is 127. The van der Waals surface area contributed by atoms with E-state index in [9.17, 15) is 0 Å². The lowest BCUT2D eigenvalue weighted by molar-refractivity contribution is 0.382. The largest absolute Gasteiger partial charge is 0.497 e. The van der Waals surface area contributed by atoms with Crippen LogP contribution in [-0.4, -0.2) is 43.7 Å². The number of rotatable bonds is 7. The summed E-state index contributed by atoms with van der Waals surface area (Å²) >= 11 is 1.68. The molecule has 26 heavy (non-hydrogen) atoms. The van der Waals surface area contributed by atoms with Gasteiger partial charge >= 0.3 is 0 Å². The molecule has 0 aliphatic carbocycles. The minimum absolute atomic E-state index is 0. The average Bonchev–Trinajstić information content (AvgIpc) is 3.04. The number of nitrogens with zero attached hydrogens (tertiary/aromatic N) is 3. The summed E-state index contributed by atoms with van der Waals surface area (Å²) in [6.45, 7) is 6.18. The molecule has 0 spiro atoms. The van der Waals surface area contributed by atoms with Gasteiger partial charge < -0.3 is 19.7 Å². The van der Waals surface area contributed by atoms with Crippen molar-refractivity contribution in [2.24, 2.45) is 4.99 Å². The summed E-state index contributed by atoms with van der Waals surface area (Å²) in [4.78, 5) is 12.2. The van der Waals surface area contributed by atoms with Crippen LogP contribution in [0.3, 0.4) is 0 Å². The first kappa shape index (κ1) is 22.5. The van der Waals surface area contributed by atoms with E-state index in [1.165, 1.54) is 0 Å². The van der Waals surface area contributed by atoms with E-state index in [0.29, 0.717) is 13.1 Å². The van der Waals surface area contributed by atoms with Gasteiger partial charge in [-0.25, -0.2) is 9.98 Å². The second kappa shape index (κ2) is 11.2. The molecule has 0 fully saturated rings. The molecule has 0 aliphatic heterocycles. The van der Waals surface area contributed by atoms with Crippen molar-refractivity contribution in [3.05, 3.63) is 39.8 Å². The monoisotopic (exact) mass is 490 g/mol. The van der Waals surface area contributed by atoms with Crippen molar-refractivity contribution in [2.45, 2.75) is 26.9 Å². The SMILES string of the molecule is CCNC(=NCc1cnc(C)s1)N(C)Cc1ccc(OC)cc1OC.I. The fourth-order valence-electron chi connectivity index (χ4n) is 2.41. The number of aromatic nitrogens is 1. The average molecular weight is 490 g/mol. The number of guanidine groups is 1. The van der Waals surface area contributed by atoms with Crippen molar-refractivity contribution in [1.29, 1.82) is 0 Å². The van der Waals surface area contributed by atoms with Gasteiger partial charge in [-0.3, -0.25) is 0 Å². The Balaban J connectivity index is 0.00000338. The van der Waals surface area contributed by atoms with Crippen molar-refractivity contribution >= 4 is 41.3 Å². The van der Waals surface area contributed by atoms with E-state index in [2.05, 4.69) is 22.1 Å². The van der Waals surface area contributed by atoms with Crippen molar-refractivity contribution in [3.8, 4) is 11.5 Å². The topological polar surface area (TPSA) is 59.0 Å². The first-order valence-electron chi connectivity index (χ1n) is 8.19. The number of aryl methyl sites for hydroxylation is 1. The van der Waals surface area contributed by atoms with Crippen LogP contribution in [0.2, 0.25) is 0 Å². The summed E-state index contributed by atoms with van der Waals surface area (Å²) < 4.78 is 10.7. The van der Waals surface area contributed by atoms with Gasteiger partial charge in [0.2, 0.25) is 0 Å². The van der Waals surface area contributed by atoms with E-state index in [4.69, 9.17) is 14.5 Å². The fraction of sp³-hybridized carbons (Fsp3) is 0.444. The molecule has 2 aromatic rings. The van der Waals surface area contributed by atoms with Crippen LogP contribution in [-0.2, 0) is 13.1 Å². The third-order valence-electron chi connectivity index (χ3n) is 3.65. The lowest BCUT2D eigenvalue weighted by Gasteiger charge is -2.23. The van der Waals surface area contributed by atoms with E-state index in [-0.39, 0.29) is 24.0 Å².